The first kappa shape index (κ1) is 15.4. The molecule has 6 heteroatoms. The SMILES string of the molecule is COc1cc(C(C)NCCc2nnc3ccccn23)ccc1F. The Hall–Kier alpha value is -2.47. The molecule has 1 aromatic carbocycles. The summed E-state index contributed by atoms with van der Waals surface area (Å²) in [5.41, 5.74) is 1.83. The Bertz CT molecular complexity index is 802. The van der Waals surface area contributed by atoms with Gasteiger partial charge in [0, 0.05) is 25.2 Å². The molecule has 3 rings (SSSR count). The van der Waals surface area contributed by atoms with Crippen molar-refractivity contribution in [2.24, 2.45) is 0 Å². The van der Waals surface area contributed by atoms with Crippen molar-refractivity contribution in [2.45, 2.75) is 19.4 Å². The number of hydrogen-bond acceptors (Lipinski definition) is 4. The smallest absolute Gasteiger partial charge is 0.165 e. The number of ether oxygens (including phenoxy) is 1. The lowest BCUT2D eigenvalue weighted by atomic mass is 10.1. The minimum absolute atomic E-state index is 0.0867. The van der Waals surface area contributed by atoms with Crippen LogP contribution in [0.3, 0.4) is 0 Å². The molecule has 5 nitrogen and oxygen atoms in total. The third-order valence-corrected chi connectivity index (χ3v) is 3.86. The maximum Gasteiger partial charge on any atom is 0.165 e. The largest absolute Gasteiger partial charge is 0.494 e. The quantitative estimate of drug-likeness (QED) is 0.760. The fourth-order valence-corrected chi connectivity index (χ4v) is 2.53. The van der Waals surface area contributed by atoms with Gasteiger partial charge in [0.05, 0.1) is 7.11 Å². The number of methoxy groups -OCH3 is 1. The molecule has 0 amide bonds. The summed E-state index contributed by atoms with van der Waals surface area (Å²) in [5.74, 6) is 0.829. The Morgan fingerprint density at radius 3 is 2.96 bits per heavy atom. The van der Waals surface area contributed by atoms with Crippen molar-refractivity contribution in [2.75, 3.05) is 13.7 Å². The van der Waals surface area contributed by atoms with E-state index < -0.39 is 0 Å². The number of hydrogen-bond donors (Lipinski definition) is 1. The Morgan fingerprint density at radius 2 is 2.13 bits per heavy atom. The number of benzene rings is 1. The lowest BCUT2D eigenvalue weighted by Crippen LogP contribution is -2.22. The molecule has 3 aromatic rings. The topological polar surface area (TPSA) is 51.5 Å². The highest BCUT2D eigenvalue weighted by molar-refractivity contribution is 5.37. The molecule has 2 aromatic heterocycles. The van der Waals surface area contributed by atoms with Gasteiger partial charge in [0.15, 0.2) is 17.2 Å². The van der Waals surface area contributed by atoms with Gasteiger partial charge in [0.1, 0.15) is 5.82 Å². The monoisotopic (exact) mass is 314 g/mol. The van der Waals surface area contributed by atoms with Crippen molar-refractivity contribution in [1.29, 1.82) is 0 Å². The van der Waals surface area contributed by atoms with Gasteiger partial charge >= 0.3 is 0 Å². The van der Waals surface area contributed by atoms with Crippen LogP contribution in [-0.2, 0) is 6.42 Å². The molecule has 0 spiro atoms. The summed E-state index contributed by atoms with van der Waals surface area (Å²) < 4.78 is 20.5. The highest BCUT2D eigenvalue weighted by Gasteiger charge is 2.10. The van der Waals surface area contributed by atoms with Crippen LogP contribution in [-0.4, -0.2) is 28.3 Å². The van der Waals surface area contributed by atoms with Crippen molar-refractivity contribution >= 4 is 5.65 Å². The second-order valence-corrected chi connectivity index (χ2v) is 5.36. The van der Waals surface area contributed by atoms with Gasteiger partial charge < -0.3 is 10.1 Å². The predicted molar refractivity (Wildman–Crippen MR) is 86.1 cm³/mol. The third-order valence-electron chi connectivity index (χ3n) is 3.86. The Balaban J connectivity index is 1.62. The van der Waals surface area contributed by atoms with E-state index in [0.29, 0.717) is 0 Å². The lowest BCUT2D eigenvalue weighted by molar-refractivity contribution is 0.385. The van der Waals surface area contributed by atoms with Crippen molar-refractivity contribution in [3.05, 3.63) is 59.8 Å². The molecule has 0 saturated carbocycles. The number of nitrogens with zero attached hydrogens (tertiary/aromatic N) is 3. The molecule has 0 fully saturated rings. The van der Waals surface area contributed by atoms with Gasteiger partial charge in [-0.15, -0.1) is 10.2 Å². The van der Waals surface area contributed by atoms with Crippen molar-refractivity contribution in [1.82, 2.24) is 19.9 Å². The highest BCUT2D eigenvalue weighted by atomic mass is 19.1. The zero-order valence-corrected chi connectivity index (χ0v) is 13.2. The molecule has 0 bridgehead atoms. The van der Waals surface area contributed by atoms with Gasteiger partial charge in [-0.05, 0) is 36.8 Å². The van der Waals surface area contributed by atoms with Crippen molar-refractivity contribution < 1.29 is 9.13 Å². The minimum Gasteiger partial charge on any atom is -0.494 e. The molecule has 0 aliphatic heterocycles. The van der Waals surface area contributed by atoms with Gasteiger partial charge in [-0.1, -0.05) is 12.1 Å². The van der Waals surface area contributed by atoms with Gasteiger partial charge in [-0.25, -0.2) is 4.39 Å². The van der Waals surface area contributed by atoms with E-state index in [1.165, 1.54) is 13.2 Å². The van der Waals surface area contributed by atoms with Crippen molar-refractivity contribution in [3.8, 4) is 5.75 Å². The first-order chi connectivity index (χ1) is 11.2. The molecule has 1 unspecified atom stereocenters. The van der Waals surface area contributed by atoms with E-state index in [4.69, 9.17) is 4.74 Å². The first-order valence-electron chi connectivity index (χ1n) is 7.54. The standard InChI is InChI=1S/C17H19FN4O/c1-12(13-6-7-14(18)15(11-13)23-2)19-9-8-17-21-20-16-5-3-4-10-22(16)17/h3-7,10-12,19H,8-9H2,1-2H3. The molecule has 1 atom stereocenters. The van der Waals surface area contributed by atoms with Gasteiger partial charge in [-0.2, -0.15) is 0 Å². The van der Waals surface area contributed by atoms with Crippen LogP contribution in [0.2, 0.25) is 0 Å². The molecule has 1 N–H and O–H groups in total. The van der Waals surface area contributed by atoms with Crippen LogP contribution in [0, 0.1) is 5.82 Å². The van der Waals surface area contributed by atoms with Gasteiger partial charge in [0.2, 0.25) is 0 Å². The molecule has 2 heterocycles. The van der Waals surface area contributed by atoms with Crippen LogP contribution < -0.4 is 10.1 Å². The van der Waals surface area contributed by atoms with Crippen LogP contribution >= 0.6 is 0 Å². The fraction of sp³-hybridized carbons (Fsp3) is 0.294. The Morgan fingerprint density at radius 1 is 1.26 bits per heavy atom. The van der Waals surface area contributed by atoms with Crippen LogP contribution in [0.1, 0.15) is 24.4 Å². The van der Waals surface area contributed by atoms with E-state index in [0.717, 1.165) is 30.0 Å². The summed E-state index contributed by atoms with van der Waals surface area (Å²) in [5, 5.41) is 11.8. The summed E-state index contributed by atoms with van der Waals surface area (Å²) in [6.07, 6.45) is 2.72. The maximum atomic E-state index is 13.5. The second kappa shape index (κ2) is 6.75. The zero-order chi connectivity index (χ0) is 16.2. The van der Waals surface area contributed by atoms with Gasteiger partial charge in [0.25, 0.3) is 0 Å². The predicted octanol–water partition coefficient (Wildman–Crippen LogP) is 2.77. The fourth-order valence-electron chi connectivity index (χ4n) is 2.53. The van der Waals surface area contributed by atoms with E-state index >= 15 is 0 Å². The molecule has 120 valence electrons. The van der Waals surface area contributed by atoms with Crippen LogP contribution in [0.25, 0.3) is 5.65 Å². The lowest BCUT2D eigenvalue weighted by Gasteiger charge is -2.15. The number of fused-ring (bicyclic) bond motifs is 1. The number of nitrogens with one attached hydrogen (secondary N) is 1. The molecule has 0 aliphatic rings. The molecule has 0 saturated heterocycles. The molecule has 23 heavy (non-hydrogen) atoms. The third kappa shape index (κ3) is 3.32. The first-order valence-corrected chi connectivity index (χ1v) is 7.54. The number of pyridine rings is 1. The normalized spacial score (nSPS) is 12.5. The summed E-state index contributed by atoms with van der Waals surface area (Å²) >= 11 is 0. The number of rotatable bonds is 6. The number of halogens is 1. The summed E-state index contributed by atoms with van der Waals surface area (Å²) in [7, 11) is 1.47. The van der Waals surface area contributed by atoms with Crippen molar-refractivity contribution in [3.63, 3.8) is 0 Å². The molecule has 0 aliphatic carbocycles. The summed E-state index contributed by atoms with van der Waals surface area (Å²) in [6.45, 7) is 2.78. The second-order valence-electron chi connectivity index (χ2n) is 5.36. The average molecular weight is 314 g/mol. The summed E-state index contributed by atoms with van der Waals surface area (Å²) in [4.78, 5) is 0. The molecule has 0 radical (unpaired) electrons. The number of aromatic nitrogens is 3. The molecular formula is C17H19FN4O. The van der Waals surface area contributed by atoms with E-state index in [1.807, 2.05) is 35.7 Å². The zero-order valence-electron chi connectivity index (χ0n) is 13.2. The summed E-state index contributed by atoms with van der Waals surface area (Å²) in [6, 6.07) is 10.8. The van der Waals surface area contributed by atoms with Crippen LogP contribution in [0.4, 0.5) is 4.39 Å². The van der Waals surface area contributed by atoms with E-state index in [-0.39, 0.29) is 17.6 Å². The highest BCUT2D eigenvalue weighted by Crippen LogP contribution is 2.22. The van der Waals surface area contributed by atoms with Crippen LogP contribution in [0.15, 0.2) is 42.6 Å². The minimum atomic E-state index is -0.349. The van der Waals surface area contributed by atoms with E-state index in [9.17, 15) is 4.39 Å². The average Bonchev–Trinajstić information content (AvgIpc) is 2.98. The molecular weight excluding hydrogens is 295 g/mol. The van der Waals surface area contributed by atoms with Gasteiger partial charge in [-0.3, -0.25) is 4.40 Å². The Kier molecular flexibility index (Phi) is 4.52. The maximum absolute atomic E-state index is 13.5. The Labute approximate surface area is 134 Å². The van der Waals surface area contributed by atoms with E-state index in [1.54, 1.807) is 12.1 Å². The van der Waals surface area contributed by atoms with Crippen LogP contribution in [0.5, 0.6) is 5.75 Å². The van der Waals surface area contributed by atoms with E-state index in [2.05, 4.69) is 15.5 Å².